The molecule has 330 valence electrons. The van der Waals surface area contributed by atoms with E-state index in [-0.39, 0.29) is 13.0 Å². The Morgan fingerprint density at radius 3 is 1.47 bits per heavy atom. The monoisotopic (exact) mass is 829 g/mol. The molecule has 1 fully saturated rings. The van der Waals surface area contributed by atoms with E-state index in [1.165, 1.54) is 64.2 Å². The van der Waals surface area contributed by atoms with Gasteiger partial charge in [-0.3, -0.25) is 13.8 Å². The highest BCUT2D eigenvalue weighted by Gasteiger charge is 2.51. The number of phosphoric ester groups is 1. The highest BCUT2D eigenvalue weighted by molar-refractivity contribution is 7.47. The number of aliphatic hydroxyl groups is 5. The third-order valence-corrected chi connectivity index (χ3v) is 10.7. The fraction of sp³-hybridized carbons (Fsp3) is 0.750. The van der Waals surface area contributed by atoms with Gasteiger partial charge in [0.25, 0.3) is 0 Å². The molecular formula is C44H77O12P. The molecule has 6 atom stereocenters. The van der Waals surface area contributed by atoms with Gasteiger partial charge >= 0.3 is 13.8 Å². The van der Waals surface area contributed by atoms with Crippen molar-refractivity contribution in [1.82, 2.24) is 0 Å². The molecule has 0 saturated heterocycles. The lowest BCUT2D eigenvalue weighted by Gasteiger charge is -2.41. The first-order valence-corrected chi connectivity index (χ1v) is 23.1. The summed E-state index contributed by atoms with van der Waals surface area (Å²) in [5, 5.41) is 50.1. The lowest BCUT2D eigenvalue weighted by Crippen LogP contribution is -2.64. The Kier molecular flexibility index (Phi) is 32.4. The second-order valence-corrected chi connectivity index (χ2v) is 16.2. The number of carbonyl (C=O) groups excluding carboxylic acids is 1. The lowest BCUT2D eigenvalue weighted by molar-refractivity contribution is -0.220. The first-order valence-electron chi connectivity index (χ1n) is 21.6. The van der Waals surface area contributed by atoms with Crippen molar-refractivity contribution < 1.29 is 58.3 Å². The highest BCUT2D eigenvalue weighted by Crippen LogP contribution is 2.47. The molecule has 0 radical (unpaired) electrons. The van der Waals surface area contributed by atoms with Gasteiger partial charge in [-0.05, 0) is 44.9 Å². The van der Waals surface area contributed by atoms with Crippen molar-refractivity contribution >= 4 is 13.8 Å². The van der Waals surface area contributed by atoms with E-state index in [1.54, 1.807) is 0 Å². The molecule has 0 aromatic rings. The summed E-state index contributed by atoms with van der Waals surface area (Å²) in [6.07, 6.45) is 30.3. The van der Waals surface area contributed by atoms with Crippen LogP contribution in [0.2, 0.25) is 0 Å². The minimum absolute atomic E-state index is 0.131. The summed E-state index contributed by atoms with van der Waals surface area (Å²) in [6, 6.07) is 0. The molecule has 0 aliphatic heterocycles. The van der Waals surface area contributed by atoms with Crippen molar-refractivity contribution in [2.45, 2.75) is 191 Å². The number of hydrogen-bond acceptors (Lipinski definition) is 11. The summed E-state index contributed by atoms with van der Waals surface area (Å²) >= 11 is 0. The minimum Gasteiger partial charge on any atom is -0.457 e. The van der Waals surface area contributed by atoms with Crippen LogP contribution in [0.4, 0.5) is 0 Å². The predicted molar refractivity (Wildman–Crippen MR) is 225 cm³/mol. The molecule has 1 aliphatic carbocycles. The van der Waals surface area contributed by atoms with Crippen LogP contribution in [0.25, 0.3) is 0 Å². The summed E-state index contributed by atoms with van der Waals surface area (Å²) in [5.74, 6) is -0.504. The van der Waals surface area contributed by atoms with Crippen LogP contribution in [0.1, 0.15) is 149 Å². The molecule has 1 aliphatic rings. The standard InChI is InChI=1S/C44H77O12P/c1-3-5-7-9-11-13-15-17-19-20-22-24-26-28-30-32-34-53-35-37(36-54-57(51,52)56-44-42(49)40(47)39(46)41(48)43(44)50)55-38(45)33-31-29-27-25-23-21-18-16-14-12-10-8-6-4-2/h5,7,11,13,17,19,22,24,28,30,37,39-44,46-50H,3-4,6,8-10,12,14-16,18,20-21,23,25-27,29,31-36H2,1-2H3,(H,51,52)/b7-5-,13-11-,19-17-,24-22-,30-28-. The summed E-state index contributed by atoms with van der Waals surface area (Å²) in [6.45, 7) is 3.92. The molecule has 13 heteroatoms. The zero-order valence-electron chi connectivity index (χ0n) is 34.9. The fourth-order valence-corrected chi connectivity index (χ4v) is 7.22. The van der Waals surface area contributed by atoms with E-state index in [4.69, 9.17) is 18.5 Å². The van der Waals surface area contributed by atoms with Crippen LogP contribution < -0.4 is 0 Å². The smallest absolute Gasteiger partial charge is 0.457 e. The fourth-order valence-electron chi connectivity index (χ4n) is 6.24. The van der Waals surface area contributed by atoms with Crippen molar-refractivity contribution in [2.24, 2.45) is 0 Å². The molecule has 0 aromatic carbocycles. The second-order valence-electron chi connectivity index (χ2n) is 14.8. The number of allylic oxidation sites excluding steroid dienone is 9. The highest BCUT2D eigenvalue weighted by atomic mass is 31.2. The number of esters is 1. The molecular weight excluding hydrogens is 751 g/mol. The Balaban J connectivity index is 2.49. The maximum absolute atomic E-state index is 12.8. The van der Waals surface area contributed by atoms with Gasteiger partial charge in [0.1, 0.15) is 42.7 Å². The van der Waals surface area contributed by atoms with Crippen molar-refractivity contribution in [3.8, 4) is 0 Å². The third-order valence-electron chi connectivity index (χ3n) is 9.67. The summed E-state index contributed by atoms with van der Waals surface area (Å²) in [5.41, 5.74) is 0. The Morgan fingerprint density at radius 2 is 1.00 bits per heavy atom. The average Bonchev–Trinajstić information content (AvgIpc) is 3.19. The number of rotatable bonds is 35. The second kappa shape index (κ2) is 34.9. The molecule has 0 spiro atoms. The topological polar surface area (TPSA) is 192 Å². The van der Waals surface area contributed by atoms with E-state index in [0.717, 1.165) is 51.4 Å². The Hall–Kier alpha value is -1.96. The summed E-state index contributed by atoms with van der Waals surface area (Å²) < 4.78 is 34.0. The quantitative estimate of drug-likeness (QED) is 0.0155. The molecule has 0 aromatic heterocycles. The van der Waals surface area contributed by atoms with Gasteiger partial charge in [-0.15, -0.1) is 0 Å². The van der Waals surface area contributed by atoms with E-state index in [2.05, 4.69) is 62.5 Å². The van der Waals surface area contributed by atoms with Crippen molar-refractivity contribution in [3.05, 3.63) is 60.8 Å². The molecule has 6 unspecified atom stereocenters. The number of ether oxygens (including phenoxy) is 2. The number of unbranched alkanes of at least 4 members (excludes halogenated alkanes) is 13. The first-order chi connectivity index (χ1) is 27.5. The van der Waals surface area contributed by atoms with Gasteiger partial charge in [-0.1, -0.05) is 158 Å². The molecule has 6 N–H and O–H groups in total. The van der Waals surface area contributed by atoms with Crippen LogP contribution in [0.15, 0.2) is 60.8 Å². The van der Waals surface area contributed by atoms with Gasteiger partial charge in [0.15, 0.2) is 0 Å². The van der Waals surface area contributed by atoms with Crippen LogP contribution in [0, 0.1) is 0 Å². The van der Waals surface area contributed by atoms with Crippen LogP contribution in [-0.2, 0) is 27.9 Å². The molecule has 1 rings (SSSR count). The largest absolute Gasteiger partial charge is 0.472 e. The molecule has 1 saturated carbocycles. The van der Waals surface area contributed by atoms with Crippen LogP contribution in [0.5, 0.6) is 0 Å². The van der Waals surface area contributed by atoms with Crippen molar-refractivity contribution in [3.63, 3.8) is 0 Å². The van der Waals surface area contributed by atoms with E-state index >= 15 is 0 Å². The van der Waals surface area contributed by atoms with E-state index in [9.17, 15) is 39.8 Å². The number of hydrogen-bond donors (Lipinski definition) is 6. The van der Waals surface area contributed by atoms with E-state index in [1.807, 2.05) is 12.2 Å². The molecule has 0 amide bonds. The lowest BCUT2D eigenvalue weighted by atomic mass is 9.85. The SMILES string of the molecule is CC/C=C\C/C=C\C/C=C\C/C=C\C/C=C\CCOCC(COP(=O)(O)OC1C(O)C(O)C(O)C(O)C1O)OC(=O)CCCCCCCCCCCCCCCC. The third kappa shape index (κ3) is 27.4. The Morgan fingerprint density at radius 1 is 0.579 bits per heavy atom. The zero-order chi connectivity index (χ0) is 42.0. The Bertz CT molecular complexity index is 1170. The van der Waals surface area contributed by atoms with Gasteiger partial charge in [0, 0.05) is 6.42 Å². The van der Waals surface area contributed by atoms with Crippen LogP contribution in [-0.4, -0.2) is 98.9 Å². The van der Waals surface area contributed by atoms with Gasteiger partial charge in [0.2, 0.25) is 0 Å². The molecule has 0 bridgehead atoms. The molecule has 0 heterocycles. The normalized spacial score (nSPS) is 23.4. The predicted octanol–water partition coefficient (Wildman–Crippen LogP) is 8.25. The number of phosphoric acid groups is 1. The summed E-state index contributed by atoms with van der Waals surface area (Å²) in [4.78, 5) is 23.1. The van der Waals surface area contributed by atoms with Crippen LogP contribution >= 0.6 is 7.82 Å². The maximum Gasteiger partial charge on any atom is 0.472 e. The summed E-state index contributed by atoms with van der Waals surface area (Å²) in [7, 11) is -5.03. The zero-order valence-corrected chi connectivity index (χ0v) is 35.8. The number of carbonyl (C=O) groups is 1. The van der Waals surface area contributed by atoms with Crippen LogP contribution in [0.3, 0.4) is 0 Å². The van der Waals surface area contributed by atoms with Gasteiger partial charge in [0.05, 0.1) is 19.8 Å². The average molecular weight is 829 g/mol. The number of aliphatic hydroxyl groups excluding tert-OH is 5. The first kappa shape index (κ1) is 53.1. The molecule has 12 nitrogen and oxygen atoms in total. The minimum atomic E-state index is -5.03. The van der Waals surface area contributed by atoms with Crippen molar-refractivity contribution in [1.29, 1.82) is 0 Å². The maximum atomic E-state index is 12.8. The van der Waals surface area contributed by atoms with Gasteiger partial charge in [-0.2, -0.15) is 0 Å². The van der Waals surface area contributed by atoms with E-state index in [0.29, 0.717) is 19.4 Å². The van der Waals surface area contributed by atoms with E-state index < -0.39 is 63.1 Å². The van der Waals surface area contributed by atoms with Gasteiger partial charge in [-0.25, -0.2) is 4.57 Å². The van der Waals surface area contributed by atoms with Crippen molar-refractivity contribution in [2.75, 3.05) is 19.8 Å². The Labute approximate surface area is 343 Å². The van der Waals surface area contributed by atoms with Gasteiger partial charge < -0.3 is 39.9 Å². The molecule has 57 heavy (non-hydrogen) atoms.